The van der Waals surface area contributed by atoms with E-state index in [0.717, 1.165) is 12.1 Å². The lowest BCUT2D eigenvalue weighted by molar-refractivity contribution is -0.137. The molecule has 20 heavy (non-hydrogen) atoms. The maximum atomic E-state index is 12.6. The quantitative estimate of drug-likeness (QED) is 0.783. The number of rotatable bonds is 2. The van der Waals surface area contributed by atoms with Gasteiger partial charge in [-0.3, -0.25) is 0 Å². The van der Waals surface area contributed by atoms with E-state index in [9.17, 15) is 21.6 Å². The fourth-order valence-electron chi connectivity index (χ4n) is 2.18. The van der Waals surface area contributed by atoms with Gasteiger partial charge in [0.15, 0.2) is 9.84 Å². The van der Waals surface area contributed by atoms with Crippen LogP contribution in [0.1, 0.15) is 18.4 Å². The van der Waals surface area contributed by atoms with Gasteiger partial charge in [0.1, 0.15) is 0 Å². The second-order valence-electron chi connectivity index (χ2n) is 4.68. The summed E-state index contributed by atoms with van der Waals surface area (Å²) in [4.78, 5) is -0.277. The Kier molecular flexibility index (Phi) is 4.32. The molecule has 0 saturated carbocycles. The summed E-state index contributed by atoms with van der Waals surface area (Å²) in [5, 5.41) is -0.680. The van der Waals surface area contributed by atoms with Crippen molar-refractivity contribution in [3.63, 3.8) is 0 Å². The van der Waals surface area contributed by atoms with E-state index in [0.29, 0.717) is 32.0 Å². The van der Waals surface area contributed by atoms with Gasteiger partial charge in [-0.2, -0.15) is 13.2 Å². The van der Waals surface area contributed by atoms with E-state index < -0.39 is 26.8 Å². The number of piperidine rings is 1. The lowest BCUT2D eigenvalue weighted by atomic mass is 10.2. The predicted octanol–water partition coefficient (Wildman–Crippen LogP) is 3.10. The third-order valence-electron chi connectivity index (χ3n) is 3.32. The average molecular weight is 328 g/mol. The molecular weight excluding hydrogens is 315 g/mol. The summed E-state index contributed by atoms with van der Waals surface area (Å²) in [5.41, 5.74) is -0.951. The summed E-state index contributed by atoms with van der Waals surface area (Å²) in [7, 11) is -3.75. The van der Waals surface area contributed by atoms with Gasteiger partial charge in [-0.1, -0.05) is 6.07 Å². The van der Waals surface area contributed by atoms with Gasteiger partial charge in [-0.25, -0.2) is 12.8 Å². The van der Waals surface area contributed by atoms with Crippen molar-refractivity contribution in [2.75, 3.05) is 13.1 Å². The number of alkyl halides is 3. The van der Waals surface area contributed by atoms with E-state index in [4.69, 9.17) is 11.8 Å². The Morgan fingerprint density at radius 1 is 1.20 bits per heavy atom. The zero-order valence-electron chi connectivity index (χ0n) is 10.4. The molecule has 2 rings (SSSR count). The van der Waals surface area contributed by atoms with Gasteiger partial charge < -0.3 is 0 Å². The van der Waals surface area contributed by atoms with E-state index in [-0.39, 0.29) is 4.90 Å². The molecule has 1 heterocycles. The summed E-state index contributed by atoms with van der Waals surface area (Å²) >= 11 is 5.75. The molecule has 0 unspecified atom stereocenters. The smallest absolute Gasteiger partial charge is 0.223 e. The second-order valence-corrected chi connectivity index (χ2v) is 7.39. The molecule has 0 aromatic heterocycles. The van der Waals surface area contributed by atoms with Gasteiger partial charge in [0.2, 0.25) is 0 Å². The number of sulfone groups is 1. The van der Waals surface area contributed by atoms with Crippen molar-refractivity contribution in [3.8, 4) is 0 Å². The predicted molar refractivity (Wildman–Crippen MR) is 69.1 cm³/mol. The minimum absolute atomic E-state index is 0.277. The Hall–Kier alpha value is -0.790. The van der Waals surface area contributed by atoms with Crippen LogP contribution in [0.5, 0.6) is 0 Å². The van der Waals surface area contributed by atoms with Crippen LogP contribution in [0, 0.1) is 0 Å². The molecule has 1 fully saturated rings. The summed E-state index contributed by atoms with van der Waals surface area (Å²) in [6.45, 7) is 0.814. The van der Waals surface area contributed by atoms with Crippen LogP contribution >= 0.6 is 11.8 Å². The molecule has 0 N–H and O–H groups in total. The van der Waals surface area contributed by atoms with Crippen molar-refractivity contribution < 1.29 is 21.6 Å². The molecule has 3 nitrogen and oxygen atoms in total. The van der Waals surface area contributed by atoms with Crippen LogP contribution in [0.25, 0.3) is 0 Å². The molecule has 112 valence electrons. The molecule has 1 aromatic carbocycles. The van der Waals surface area contributed by atoms with Gasteiger partial charge in [0.25, 0.3) is 0 Å². The van der Waals surface area contributed by atoms with Gasteiger partial charge in [-0.15, -0.1) is 0 Å². The number of benzene rings is 1. The van der Waals surface area contributed by atoms with Crippen LogP contribution in [0.3, 0.4) is 0 Å². The largest absolute Gasteiger partial charge is 0.416 e. The maximum Gasteiger partial charge on any atom is 0.416 e. The van der Waals surface area contributed by atoms with Crippen molar-refractivity contribution in [2.45, 2.75) is 29.2 Å². The molecule has 0 spiro atoms. The molecule has 1 aromatic rings. The van der Waals surface area contributed by atoms with Crippen molar-refractivity contribution in [1.82, 2.24) is 4.42 Å². The van der Waals surface area contributed by atoms with Gasteiger partial charge >= 0.3 is 6.18 Å². The monoisotopic (exact) mass is 327 g/mol. The third-order valence-corrected chi connectivity index (χ3v) is 5.91. The Bertz CT molecular complexity index is 581. The van der Waals surface area contributed by atoms with E-state index in [1.54, 1.807) is 0 Å². The number of halogens is 4. The van der Waals surface area contributed by atoms with E-state index in [1.807, 2.05) is 0 Å². The summed E-state index contributed by atoms with van der Waals surface area (Å²) < 4.78 is 64.1. The highest BCUT2D eigenvalue weighted by atomic mass is 35.5. The van der Waals surface area contributed by atoms with E-state index in [1.165, 1.54) is 10.5 Å². The first-order valence-corrected chi connectivity index (χ1v) is 7.91. The van der Waals surface area contributed by atoms with Gasteiger partial charge in [0.05, 0.1) is 15.7 Å². The van der Waals surface area contributed by atoms with E-state index in [2.05, 4.69) is 0 Å². The molecule has 1 aliphatic rings. The molecule has 1 aliphatic heterocycles. The third kappa shape index (κ3) is 3.27. The van der Waals surface area contributed by atoms with Crippen molar-refractivity contribution >= 4 is 21.6 Å². The van der Waals surface area contributed by atoms with Crippen LogP contribution in [0.4, 0.5) is 13.2 Å². The second kappa shape index (κ2) is 5.54. The zero-order valence-corrected chi connectivity index (χ0v) is 12.0. The standard InChI is InChI=1S/C12H13ClF3NO2S/c13-17-6-4-10(5-7-17)20(18,19)11-3-1-2-9(8-11)12(14,15)16/h1-3,8,10H,4-7H2. The molecule has 8 heteroatoms. The van der Waals surface area contributed by atoms with E-state index >= 15 is 0 Å². The minimum Gasteiger partial charge on any atom is -0.223 e. The first-order valence-electron chi connectivity index (χ1n) is 6.03. The van der Waals surface area contributed by atoms with Crippen molar-refractivity contribution in [1.29, 1.82) is 0 Å². The van der Waals surface area contributed by atoms with Crippen LogP contribution < -0.4 is 0 Å². The van der Waals surface area contributed by atoms with Gasteiger partial charge in [0, 0.05) is 13.1 Å². The van der Waals surface area contributed by atoms with Crippen LogP contribution in [0.15, 0.2) is 29.2 Å². The van der Waals surface area contributed by atoms with Crippen molar-refractivity contribution in [3.05, 3.63) is 29.8 Å². The number of hydrogen-bond acceptors (Lipinski definition) is 3. The lowest BCUT2D eigenvalue weighted by Gasteiger charge is -2.26. The Morgan fingerprint density at radius 2 is 1.80 bits per heavy atom. The molecule has 0 amide bonds. The molecule has 0 aliphatic carbocycles. The summed E-state index contributed by atoms with van der Waals surface area (Å²) in [5.74, 6) is 0. The summed E-state index contributed by atoms with van der Waals surface area (Å²) in [6.07, 6.45) is -3.91. The Labute approximate surface area is 120 Å². The zero-order chi connectivity index (χ0) is 15.0. The lowest BCUT2D eigenvalue weighted by Crippen LogP contribution is -2.34. The normalized spacial score (nSPS) is 19.2. The van der Waals surface area contributed by atoms with Crippen LogP contribution in [-0.2, 0) is 16.0 Å². The van der Waals surface area contributed by atoms with Crippen molar-refractivity contribution in [2.24, 2.45) is 0 Å². The molecule has 0 atom stereocenters. The number of hydrogen-bond donors (Lipinski definition) is 0. The molecule has 0 bridgehead atoms. The van der Waals surface area contributed by atoms with Gasteiger partial charge in [-0.05, 0) is 42.8 Å². The number of nitrogens with zero attached hydrogens (tertiary/aromatic N) is 1. The topological polar surface area (TPSA) is 37.4 Å². The highest BCUT2D eigenvalue weighted by molar-refractivity contribution is 7.92. The minimum atomic E-state index is -4.55. The SMILES string of the molecule is O=S(=O)(c1cccc(C(F)(F)F)c1)C1CCN(Cl)CC1. The fraction of sp³-hybridized carbons (Fsp3) is 0.500. The first-order chi connectivity index (χ1) is 9.21. The average Bonchev–Trinajstić information content (AvgIpc) is 2.38. The fourth-order valence-corrected chi connectivity index (χ4v) is 4.15. The highest BCUT2D eigenvalue weighted by Crippen LogP contribution is 2.32. The van der Waals surface area contributed by atoms with Crippen LogP contribution in [0.2, 0.25) is 0 Å². The molecule has 0 radical (unpaired) electrons. The summed E-state index contributed by atoms with van der Waals surface area (Å²) in [6, 6.07) is 3.88. The Balaban J connectivity index is 2.30. The Morgan fingerprint density at radius 3 is 2.35 bits per heavy atom. The maximum absolute atomic E-state index is 12.6. The first kappa shape index (κ1) is 15.6. The highest BCUT2D eigenvalue weighted by Gasteiger charge is 2.34. The molecule has 1 saturated heterocycles. The molecular formula is C12H13ClF3NO2S. The van der Waals surface area contributed by atoms with Crippen LogP contribution in [-0.4, -0.2) is 31.2 Å².